The first kappa shape index (κ1) is 13.7. The van der Waals surface area contributed by atoms with E-state index in [9.17, 15) is 10.1 Å². The molecule has 1 fully saturated rings. The van der Waals surface area contributed by atoms with Gasteiger partial charge in [-0.05, 0) is 38.2 Å². The molecule has 0 bridgehead atoms. The van der Waals surface area contributed by atoms with E-state index in [0.717, 1.165) is 31.5 Å². The van der Waals surface area contributed by atoms with Gasteiger partial charge in [0.05, 0.1) is 4.92 Å². The monoisotopic (exact) mass is 264 g/mol. The molecular weight excluding hydrogens is 244 g/mol. The first-order chi connectivity index (χ1) is 8.99. The summed E-state index contributed by atoms with van der Waals surface area (Å²) in [4.78, 5) is 17.0. The fourth-order valence-corrected chi connectivity index (χ4v) is 2.56. The minimum absolute atomic E-state index is 0.0965. The smallest absolute Gasteiger partial charge is 0.311 e. The third kappa shape index (κ3) is 3.01. The highest BCUT2D eigenvalue weighted by Crippen LogP contribution is 2.30. The van der Waals surface area contributed by atoms with Gasteiger partial charge in [0.1, 0.15) is 0 Å². The molecule has 0 saturated carbocycles. The Hall–Kier alpha value is -1.69. The Labute approximate surface area is 112 Å². The van der Waals surface area contributed by atoms with Crippen molar-refractivity contribution < 1.29 is 4.92 Å². The number of aromatic nitrogens is 1. The van der Waals surface area contributed by atoms with Crippen LogP contribution in [0.1, 0.15) is 25.3 Å². The third-order valence-electron chi connectivity index (χ3n) is 3.76. The molecule has 1 aliphatic rings. The summed E-state index contributed by atoms with van der Waals surface area (Å²) in [6.45, 7) is 5.39. The summed E-state index contributed by atoms with van der Waals surface area (Å²) >= 11 is 0. The van der Waals surface area contributed by atoms with Gasteiger partial charge in [0.2, 0.25) is 5.82 Å². The Morgan fingerprint density at radius 2 is 2.16 bits per heavy atom. The lowest BCUT2D eigenvalue weighted by molar-refractivity contribution is -0.384. The lowest BCUT2D eigenvalue weighted by Gasteiger charge is -2.34. The van der Waals surface area contributed by atoms with Gasteiger partial charge in [-0.25, -0.2) is 4.98 Å². The summed E-state index contributed by atoms with van der Waals surface area (Å²) in [5.74, 6) is 0.986. The SMILES string of the molecule is Cc1cnc(N2CCC(C(C)N)CC2)c([N+](=O)[O-])c1. The Balaban J connectivity index is 2.17. The minimum atomic E-state index is -0.354. The molecule has 0 aliphatic carbocycles. The van der Waals surface area contributed by atoms with Crippen LogP contribution in [0.2, 0.25) is 0 Å². The van der Waals surface area contributed by atoms with E-state index in [1.54, 1.807) is 12.3 Å². The largest absolute Gasteiger partial charge is 0.351 e. The lowest BCUT2D eigenvalue weighted by Crippen LogP contribution is -2.40. The maximum atomic E-state index is 11.1. The van der Waals surface area contributed by atoms with E-state index in [1.165, 1.54) is 0 Å². The van der Waals surface area contributed by atoms with Gasteiger partial charge in [0.15, 0.2) is 0 Å². The molecule has 1 aromatic heterocycles. The van der Waals surface area contributed by atoms with Crippen LogP contribution >= 0.6 is 0 Å². The molecule has 0 aromatic carbocycles. The number of nitro groups is 1. The van der Waals surface area contributed by atoms with Gasteiger partial charge in [0, 0.05) is 31.4 Å². The van der Waals surface area contributed by atoms with Crippen molar-refractivity contribution in [3.05, 3.63) is 27.9 Å². The summed E-state index contributed by atoms with van der Waals surface area (Å²) < 4.78 is 0. The summed E-state index contributed by atoms with van der Waals surface area (Å²) in [6.07, 6.45) is 3.61. The summed E-state index contributed by atoms with van der Waals surface area (Å²) in [7, 11) is 0. The molecule has 0 radical (unpaired) electrons. The van der Waals surface area contributed by atoms with Crippen molar-refractivity contribution in [3.63, 3.8) is 0 Å². The van der Waals surface area contributed by atoms with Crippen LogP contribution in [0.5, 0.6) is 0 Å². The van der Waals surface area contributed by atoms with Crippen LogP contribution in [0.15, 0.2) is 12.3 Å². The number of pyridine rings is 1. The zero-order valence-electron chi connectivity index (χ0n) is 11.4. The van der Waals surface area contributed by atoms with E-state index in [2.05, 4.69) is 4.98 Å². The van der Waals surface area contributed by atoms with Crippen LogP contribution in [0, 0.1) is 23.0 Å². The zero-order chi connectivity index (χ0) is 14.0. The molecule has 1 atom stereocenters. The molecule has 104 valence electrons. The number of anilines is 1. The van der Waals surface area contributed by atoms with Gasteiger partial charge in [-0.15, -0.1) is 0 Å². The standard InChI is InChI=1S/C13H20N4O2/c1-9-7-12(17(18)19)13(15-8-9)16-5-3-11(4-6-16)10(2)14/h7-8,10-11H,3-6,14H2,1-2H3. The molecule has 1 unspecified atom stereocenters. The van der Waals surface area contributed by atoms with E-state index in [1.807, 2.05) is 18.7 Å². The molecule has 6 nitrogen and oxygen atoms in total. The Morgan fingerprint density at radius 3 is 2.68 bits per heavy atom. The second-order valence-electron chi connectivity index (χ2n) is 5.30. The molecule has 2 rings (SSSR count). The number of hydrogen-bond donors (Lipinski definition) is 1. The molecule has 0 spiro atoms. The minimum Gasteiger partial charge on any atom is -0.351 e. The average Bonchev–Trinajstić information content (AvgIpc) is 2.38. The molecule has 19 heavy (non-hydrogen) atoms. The van der Waals surface area contributed by atoms with Crippen LogP contribution in [-0.2, 0) is 0 Å². The predicted octanol–water partition coefficient (Wildman–Crippen LogP) is 1.86. The molecule has 6 heteroatoms. The third-order valence-corrected chi connectivity index (χ3v) is 3.76. The maximum absolute atomic E-state index is 11.1. The number of piperidine rings is 1. The van der Waals surface area contributed by atoms with Crippen molar-refractivity contribution >= 4 is 11.5 Å². The van der Waals surface area contributed by atoms with Gasteiger partial charge in [-0.3, -0.25) is 10.1 Å². The number of aryl methyl sites for hydroxylation is 1. The molecule has 2 N–H and O–H groups in total. The van der Waals surface area contributed by atoms with Crippen LogP contribution in [0.4, 0.5) is 11.5 Å². The molecule has 1 aliphatic heterocycles. The first-order valence-electron chi connectivity index (χ1n) is 6.60. The van der Waals surface area contributed by atoms with E-state index in [0.29, 0.717) is 11.7 Å². The average molecular weight is 264 g/mol. The van der Waals surface area contributed by atoms with Crippen LogP contribution in [-0.4, -0.2) is 29.0 Å². The van der Waals surface area contributed by atoms with E-state index >= 15 is 0 Å². The molecule has 1 saturated heterocycles. The number of rotatable bonds is 3. The number of nitrogens with zero attached hydrogens (tertiary/aromatic N) is 3. The topological polar surface area (TPSA) is 85.3 Å². The van der Waals surface area contributed by atoms with E-state index in [-0.39, 0.29) is 16.7 Å². The van der Waals surface area contributed by atoms with Crippen molar-refractivity contribution in [3.8, 4) is 0 Å². The summed E-state index contributed by atoms with van der Waals surface area (Å²) in [5, 5.41) is 11.1. The second kappa shape index (κ2) is 5.52. The van der Waals surface area contributed by atoms with Crippen LogP contribution in [0.25, 0.3) is 0 Å². The van der Waals surface area contributed by atoms with Crippen molar-refractivity contribution in [2.45, 2.75) is 32.7 Å². The predicted molar refractivity (Wildman–Crippen MR) is 74.2 cm³/mol. The van der Waals surface area contributed by atoms with Crippen molar-refractivity contribution in [2.24, 2.45) is 11.7 Å². The van der Waals surface area contributed by atoms with Crippen LogP contribution < -0.4 is 10.6 Å². The second-order valence-corrected chi connectivity index (χ2v) is 5.30. The van der Waals surface area contributed by atoms with Crippen molar-refractivity contribution in [1.82, 2.24) is 4.98 Å². The molecular formula is C13H20N4O2. The van der Waals surface area contributed by atoms with Crippen LogP contribution in [0.3, 0.4) is 0 Å². The highest BCUT2D eigenvalue weighted by atomic mass is 16.6. The zero-order valence-corrected chi connectivity index (χ0v) is 11.4. The number of hydrogen-bond acceptors (Lipinski definition) is 5. The van der Waals surface area contributed by atoms with Crippen molar-refractivity contribution in [2.75, 3.05) is 18.0 Å². The highest BCUT2D eigenvalue weighted by Gasteiger charge is 2.27. The summed E-state index contributed by atoms with van der Waals surface area (Å²) in [5.41, 5.74) is 6.81. The molecule has 1 aromatic rings. The fourth-order valence-electron chi connectivity index (χ4n) is 2.56. The lowest BCUT2D eigenvalue weighted by atomic mass is 9.91. The van der Waals surface area contributed by atoms with Gasteiger partial charge in [0.25, 0.3) is 0 Å². The fraction of sp³-hybridized carbons (Fsp3) is 0.615. The number of nitrogens with two attached hydrogens (primary N) is 1. The van der Waals surface area contributed by atoms with Gasteiger partial charge in [-0.1, -0.05) is 0 Å². The Bertz CT molecular complexity index is 468. The highest BCUT2D eigenvalue weighted by molar-refractivity contribution is 5.58. The van der Waals surface area contributed by atoms with E-state index < -0.39 is 0 Å². The molecule has 0 amide bonds. The van der Waals surface area contributed by atoms with Gasteiger partial charge >= 0.3 is 5.69 Å². The molecule has 2 heterocycles. The van der Waals surface area contributed by atoms with Gasteiger partial charge < -0.3 is 10.6 Å². The maximum Gasteiger partial charge on any atom is 0.311 e. The Morgan fingerprint density at radius 1 is 1.53 bits per heavy atom. The Kier molecular flexibility index (Phi) is 3.99. The van der Waals surface area contributed by atoms with E-state index in [4.69, 9.17) is 5.73 Å². The normalized spacial score (nSPS) is 18.4. The summed E-state index contributed by atoms with van der Waals surface area (Å²) in [6, 6.07) is 1.77. The van der Waals surface area contributed by atoms with Crippen molar-refractivity contribution in [1.29, 1.82) is 0 Å². The quantitative estimate of drug-likeness (QED) is 0.665. The van der Waals surface area contributed by atoms with Gasteiger partial charge in [-0.2, -0.15) is 0 Å². The first-order valence-corrected chi connectivity index (χ1v) is 6.60.